The van der Waals surface area contributed by atoms with Crippen molar-refractivity contribution >= 4 is 28.0 Å². The Kier molecular flexibility index (Phi) is 7.98. The first kappa shape index (κ1) is 21.0. The molecule has 0 N–H and O–H groups in total. The minimum Gasteiger partial charge on any atom is -0.491 e. The molecule has 0 amide bonds. The number of nitro benzene ring substituents is 1. The number of hydrogen-bond donors (Lipinski definition) is 0. The quantitative estimate of drug-likeness (QED) is 0.324. The number of nitro groups is 1. The molecule has 124 valence electrons. The summed E-state index contributed by atoms with van der Waals surface area (Å²) in [5, 5.41) is 14.1. The number of benzene rings is 2. The number of non-ortho nitro benzene ring substituents is 1. The van der Waals surface area contributed by atoms with Crippen LogP contribution in [0.4, 0.5) is 5.69 Å². The smallest absolute Gasteiger partial charge is 0.491 e. The van der Waals surface area contributed by atoms with E-state index in [9.17, 15) is 18.5 Å². The third kappa shape index (κ3) is 6.43. The molecular weight excluding hydrogens is 353 g/mol. The van der Waals surface area contributed by atoms with Crippen LogP contribution in [-0.4, -0.2) is 19.6 Å². The first-order valence-corrected chi connectivity index (χ1v) is 8.31. The molecule has 0 aliphatic heterocycles. The van der Waals surface area contributed by atoms with Gasteiger partial charge in [-0.2, -0.15) is 0 Å². The van der Waals surface area contributed by atoms with E-state index >= 15 is 0 Å². The minimum absolute atomic E-state index is 0. The van der Waals surface area contributed by atoms with E-state index in [2.05, 4.69) is 9.93 Å². The van der Waals surface area contributed by atoms with Crippen molar-refractivity contribution in [3.8, 4) is 0 Å². The van der Waals surface area contributed by atoms with Crippen LogP contribution in [0, 0.1) is 17.0 Å². The van der Waals surface area contributed by atoms with Crippen molar-refractivity contribution in [2.45, 2.75) is 11.8 Å². The molecule has 0 atom stereocenters. The number of allylic oxidation sites excluding steroid dienone is 1. The van der Waals surface area contributed by atoms with Gasteiger partial charge in [0.05, 0.1) is 9.82 Å². The van der Waals surface area contributed by atoms with Crippen LogP contribution < -0.4 is 29.6 Å². The number of rotatable bonds is 6. The Morgan fingerprint density at radius 1 is 1.08 bits per heavy atom. The van der Waals surface area contributed by atoms with Gasteiger partial charge in [0.2, 0.25) is 0 Å². The Hall–Kier alpha value is -2.00. The third-order valence-corrected chi connectivity index (χ3v) is 4.20. The standard InChI is InChI=1S/C16H14N3O4S.Na/c1-13-4-10-16(11-5-13)24(22,23)18-17-12-2-3-14-6-8-15(9-7-14)19(20)21;/h2-12H,1H3;/q-1;+1/b3-2+,17-12+;. The summed E-state index contributed by atoms with van der Waals surface area (Å²) in [6.45, 7) is 1.86. The second-order valence-electron chi connectivity index (χ2n) is 4.84. The van der Waals surface area contributed by atoms with Gasteiger partial charge in [0.1, 0.15) is 10.0 Å². The van der Waals surface area contributed by atoms with Crippen molar-refractivity contribution < 1.29 is 42.9 Å². The maximum absolute atomic E-state index is 11.9. The number of nitrogens with zero attached hydrogens (tertiary/aromatic N) is 3. The monoisotopic (exact) mass is 367 g/mol. The van der Waals surface area contributed by atoms with Crippen LogP contribution in [0.3, 0.4) is 0 Å². The van der Waals surface area contributed by atoms with E-state index in [4.69, 9.17) is 0 Å². The molecule has 0 unspecified atom stereocenters. The molecule has 0 fully saturated rings. The zero-order valence-electron chi connectivity index (χ0n) is 13.7. The molecule has 0 aromatic heterocycles. The van der Waals surface area contributed by atoms with E-state index < -0.39 is 14.9 Å². The fraction of sp³-hybridized carbons (Fsp3) is 0.0625. The molecule has 0 spiro atoms. The summed E-state index contributed by atoms with van der Waals surface area (Å²) in [6.07, 6.45) is 4.35. The molecule has 2 aromatic rings. The summed E-state index contributed by atoms with van der Waals surface area (Å²) in [4.78, 5) is 13.5. The summed E-state index contributed by atoms with van der Waals surface area (Å²) >= 11 is 0. The molecule has 25 heavy (non-hydrogen) atoms. The number of sulfonamides is 1. The first-order chi connectivity index (χ1) is 11.4. The summed E-state index contributed by atoms with van der Waals surface area (Å²) in [7, 11) is -3.82. The van der Waals surface area contributed by atoms with Crippen molar-refractivity contribution in [3.05, 3.63) is 80.7 Å². The fourth-order valence-corrected chi connectivity index (χ4v) is 2.50. The van der Waals surface area contributed by atoms with Gasteiger partial charge in [0.15, 0.2) is 0 Å². The predicted molar refractivity (Wildman–Crippen MR) is 92.3 cm³/mol. The molecule has 9 heteroatoms. The van der Waals surface area contributed by atoms with E-state index in [1.807, 2.05) is 6.92 Å². The number of hydrogen-bond acceptors (Lipinski definition) is 5. The molecule has 0 aliphatic rings. The Balaban J connectivity index is 0.00000312. The molecule has 7 nitrogen and oxygen atoms in total. The van der Waals surface area contributed by atoms with E-state index in [0.29, 0.717) is 5.56 Å². The Morgan fingerprint density at radius 3 is 2.24 bits per heavy atom. The van der Waals surface area contributed by atoms with Gasteiger partial charge in [0, 0.05) is 18.3 Å². The zero-order chi connectivity index (χ0) is 17.6. The summed E-state index contributed by atoms with van der Waals surface area (Å²) in [6, 6.07) is 12.2. The average Bonchev–Trinajstić information content (AvgIpc) is 2.55. The Bertz CT molecular complexity index is 877. The molecular formula is C16H14N3NaO4S. The van der Waals surface area contributed by atoms with Crippen LogP contribution in [0.5, 0.6) is 0 Å². The van der Waals surface area contributed by atoms with Crippen LogP contribution in [0.25, 0.3) is 10.9 Å². The van der Waals surface area contributed by atoms with Crippen LogP contribution in [-0.2, 0) is 10.0 Å². The molecule has 0 bridgehead atoms. The Labute approximate surface area is 168 Å². The van der Waals surface area contributed by atoms with Crippen LogP contribution >= 0.6 is 0 Å². The zero-order valence-corrected chi connectivity index (χ0v) is 16.6. The van der Waals surface area contributed by atoms with Gasteiger partial charge in [-0.25, -0.2) is 8.42 Å². The van der Waals surface area contributed by atoms with E-state index in [-0.39, 0.29) is 40.1 Å². The second-order valence-corrected chi connectivity index (χ2v) is 6.43. The van der Waals surface area contributed by atoms with E-state index in [0.717, 1.165) is 5.56 Å². The van der Waals surface area contributed by atoms with Gasteiger partial charge >= 0.3 is 29.6 Å². The molecule has 2 rings (SSSR count). The summed E-state index contributed by atoms with van der Waals surface area (Å²) < 4.78 is 23.8. The van der Waals surface area contributed by atoms with E-state index in [1.165, 1.54) is 36.6 Å². The second kappa shape index (κ2) is 9.47. The van der Waals surface area contributed by atoms with Crippen molar-refractivity contribution in [1.29, 1.82) is 0 Å². The van der Waals surface area contributed by atoms with Gasteiger partial charge in [-0.3, -0.25) is 10.1 Å². The topological polar surface area (TPSA) is 104 Å². The van der Waals surface area contributed by atoms with Gasteiger partial charge in [-0.05, 0) is 42.8 Å². The molecule has 0 heterocycles. The largest absolute Gasteiger partial charge is 1.00 e. The van der Waals surface area contributed by atoms with Crippen LogP contribution in [0.2, 0.25) is 0 Å². The normalized spacial score (nSPS) is 11.4. The third-order valence-electron chi connectivity index (χ3n) is 3.02. The average molecular weight is 367 g/mol. The first-order valence-electron chi connectivity index (χ1n) is 6.87. The molecule has 0 aliphatic carbocycles. The van der Waals surface area contributed by atoms with Crippen LogP contribution in [0.15, 0.2) is 64.6 Å². The minimum atomic E-state index is -3.82. The summed E-state index contributed by atoms with van der Waals surface area (Å²) in [5.41, 5.74) is 1.66. The van der Waals surface area contributed by atoms with Crippen molar-refractivity contribution in [3.63, 3.8) is 0 Å². The van der Waals surface area contributed by atoms with Gasteiger partial charge in [0.25, 0.3) is 5.69 Å². The van der Waals surface area contributed by atoms with Gasteiger partial charge in [-0.15, -0.1) is 0 Å². The maximum Gasteiger partial charge on any atom is 1.00 e. The molecule has 0 saturated heterocycles. The molecule has 2 aromatic carbocycles. The van der Waals surface area contributed by atoms with Gasteiger partial charge in [-0.1, -0.05) is 23.8 Å². The summed E-state index contributed by atoms with van der Waals surface area (Å²) in [5.74, 6) is 0. The van der Waals surface area contributed by atoms with Crippen LogP contribution in [0.1, 0.15) is 11.1 Å². The SMILES string of the molecule is Cc1ccc(S(=O)(=O)[N-]/N=C/C=C/c2ccc([N+](=O)[O-])cc2)cc1.[Na+]. The van der Waals surface area contributed by atoms with Crippen molar-refractivity contribution in [2.24, 2.45) is 5.10 Å². The fourth-order valence-electron chi connectivity index (χ4n) is 1.75. The molecule has 0 saturated carbocycles. The van der Waals surface area contributed by atoms with E-state index in [1.54, 1.807) is 30.3 Å². The Morgan fingerprint density at radius 2 is 1.68 bits per heavy atom. The predicted octanol–water partition coefficient (Wildman–Crippen LogP) is 0.669. The van der Waals surface area contributed by atoms with Crippen molar-refractivity contribution in [1.82, 2.24) is 0 Å². The molecule has 0 radical (unpaired) electrons. The number of aryl methyl sites for hydroxylation is 1. The maximum atomic E-state index is 11.9. The van der Waals surface area contributed by atoms with Crippen molar-refractivity contribution in [2.75, 3.05) is 0 Å². The van der Waals surface area contributed by atoms with Gasteiger partial charge < -0.3 is 9.93 Å².